The lowest BCUT2D eigenvalue weighted by molar-refractivity contribution is -0.383. The molecule has 0 bridgehead atoms. The third kappa shape index (κ3) is 2.25. The van der Waals surface area contributed by atoms with E-state index in [1.807, 2.05) is 0 Å². The second-order valence-corrected chi connectivity index (χ2v) is 3.75. The van der Waals surface area contributed by atoms with Crippen LogP contribution in [0.2, 0.25) is 5.02 Å². The topological polar surface area (TPSA) is 65.3 Å². The average molecular weight is 273 g/mol. The van der Waals surface area contributed by atoms with E-state index in [0.29, 0.717) is 15.9 Å². The number of alkyl halides is 1. The summed E-state index contributed by atoms with van der Waals surface area (Å²) in [6.45, 7) is 0. The van der Waals surface area contributed by atoms with E-state index in [-0.39, 0.29) is 17.6 Å². The first-order valence-corrected chi connectivity index (χ1v) is 5.47. The van der Waals surface area contributed by atoms with Crippen molar-refractivity contribution in [2.24, 2.45) is 0 Å². The normalized spacial score (nSPS) is 10.5. The van der Waals surface area contributed by atoms with Crippen molar-refractivity contribution in [1.82, 2.24) is 4.98 Å². The van der Waals surface area contributed by atoms with Crippen LogP contribution in [0, 0.1) is 10.1 Å². The second-order valence-electron chi connectivity index (χ2n) is 3.12. The molecule has 2 rings (SSSR count). The van der Waals surface area contributed by atoms with E-state index < -0.39 is 4.92 Å². The molecule has 0 atom stereocenters. The zero-order valence-corrected chi connectivity index (χ0v) is 9.90. The van der Waals surface area contributed by atoms with Gasteiger partial charge in [0.1, 0.15) is 0 Å². The molecule has 0 saturated carbocycles. The summed E-state index contributed by atoms with van der Waals surface area (Å²) in [5.41, 5.74) is 0.276. The lowest BCUT2D eigenvalue weighted by Gasteiger charge is -2.04. The number of hydrogen-bond acceptors (Lipinski definition) is 4. The third-order valence-corrected chi connectivity index (χ3v) is 2.57. The molecule has 0 unspecified atom stereocenters. The quantitative estimate of drug-likeness (QED) is 0.488. The molecule has 0 amide bonds. The Morgan fingerprint density at radius 1 is 1.35 bits per heavy atom. The lowest BCUT2D eigenvalue weighted by Crippen LogP contribution is -1.95. The van der Waals surface area contributed by atoms with Crippen molar-refractivity contribution in [3.63, 3.8) is 0 Å². The van der Waals surface area contributed by atoms with Crippen LogP contribution in [0.25, 0.3) is 10.9 Å². The highest BCUT2D eigenvalue weighted by Gasteiger charge is 2.15. The zero-order valence-electron chi connectivity index (χ0n) is 8.39. The van der Waals surface area contributed by atoms with Crippen molar-refractivity contribution in [1.29, 1.82) is 0 Å². The zero-order chi connectivity index (χ0) is 12.4. The summed E-state index contributed by atoms with van der Waals surface area (Å²) in [6.07, 6.45) is 0. The maximum absolute atomic E-state index is 10.8. The van der Waals surface area contributed by atoms with E-state index in [1.165, 1.54) is 24.3 Å². The fourth-order valence-electron chi connectivity index (χ4n) is 1.45. The minimum absolute atomic E-state index is 0.0469. The Morgan fingerprint density at radius 2 is 2.12 bits per heavy atom. The van der Waals surface area contributed by atoms with Gasteiger partial charge in [-0.25, -0.2) is 4.98 Å². The van der Waals surface area contributed by atoms with Crippen molar-refractivity contribution in [2.75, 3.05) is 6.07 Å². The lowest BCUT2D eigenvalue weighted by atomic mass is 10.2. The van der Waals surface area contributed by atoms with Crippen LogP contribution in [0.5, 0.6) is 5.88 Å². The van der Waals surface area contributed by atoms with Gasteiger partial charge in [0.05, 0.1) is 20.8 Å². The average Bonchev–Trinajstić information content (AvgIpc) is 2.30. The minimum atomic E-state index is -0.484. The summed E-state index contributed by atoms with van der Waals surface area (Å²) in [7, 11) is 0. The first-order valence-electron chi connectivity index (χ1n) is 4.56. The van der Waals surface area contributed by atoms with Crippen LogP contribution in [0.4, 0.5) is 5.69 Å². The molecule has 88 valence electrons. The number of nitro groups is 1. The van der Waals surface area contributed by atoms with Gasteiger partial charge in [-0.2, -0.15) is 0 Å². The number of nitro benzene ring substituents is 1. The van der Waals surface area contributed by atoms with E-state index in [1.54, 1.807) is 0 Å². The Morgan fingerprint density at radius 3 is 2.76 bits per heavy atom. The van der Waals surface area contributed by atoms with Gasteiger partial charge in [0, 0.05) is 12.1 Å². The number of hydrogen-bond donors (Lipinski definition) is 0. The smallest absolute Gasteiger partial charge is 0.278 e. The summed E-state index contributed by atoms with van der Waals surface area (Å²) < 4.78 is 5.00. The van der Waals surface area contributed by atoms with Crippen LogP contribution in [0.15, 0.2) is 24.3 Å². The molecule has 1 heterocycles. The van der Waals surface area contributed by atoms with E-state index in [0.717, 1.165) is 0 Å². The molecular weight excluding hydrogens is 267 g/mol. The molecule has 0 saturated heterocycles. The van der Waals surface area contributed by atoms with Gasteiger partial charge in [-0.05, 0) is 12.1 Å². The van der Waals surface area contributed by atoms with Crippen molar-refractivity contribution < 1.29 is 9.66 Å². The van der Waals surface area contributed by atoms with E-state index in [2.05, 4.69) is 4.98 Å². The number of rotatable bonds is 3. The first-order chi connectivity index (χ1) is 8.13. The molecule has 7 heteroatoms. The van der Waals surface area contributed by atoms with E-state index in [4.69, 9.17) is 27.9 Å². The Balaban J connectivity index is 2.69. The Labute approximate surface area is 106 Å². The van der Waals surface area contributed by atoms with Crippen LogP contribution in [-0.2, 0) is 0 Å². The van der Waals surface area contributed by atoms with Gasteiger partial charge in [-0.15, -0.1) is 0 Å². The molecular formula is C10H6Cl2N2O3. The summed E-state index contributed by atoms with van der Waals surface area (Å²) in [6, 6.07) is 5.77. The Hall–Kier alpha value is -1.59. The van der Waals surface area contributed by atoms with Crippen molar-refractivity contribution in [2.45, 2.75) is 0 Å². The minimum Gasteiger partial charge on any atom is -0.461 e. The fourth-order valence-corrected chi connectivity index (χ4v) is 1.77. The number of aromatic nitrogens is 1. The van der Waals surface area contributed by atoms with Gasteiger partial charge in [0.25, 0.3) is 5.69 Å². The van der Waals surface area contributed by atoms with Crippen LogP contribution < -0.4 is 4.74 Å². The first kappa shape index (κ1) is 11.9. The van der Waals surface area contributed by atoms with Gasteiger partial charge in [-0.3, -0.25) is 10.1 Å². The molecule has 5 nitrogen and oxygen atoms in total. The Bertz CT molecular complexity index is 589. The summed E-state index contributed by atoms with van der Waals surface area (Å²) >= 11 is 11.3. The van der Waals surface area contributed by atoms with Crippen LogP contribution >= 0.6 is 23.2 Å². The predicted octanol–water partition coefficient (Wildman–Crippen LogP) is 3.37. The molecule has 1 aromatic carbocycles. The maximum atomic E-state index is 10.8. The number of fused-ring (bicyclic) bond motifs is 1. The van der Waals surface area contributed by atoms with Gasteiger partial charge in [0.2, 0.25) is 5.88 Å². The number of pyridine rings is 1. The molecule has 0 fully saturated rings. The highest BCUT2D eigenvalue weighted by atomic mass is 35.5. The molecule has 0 radical (unpaired) electrons. The third-order valence-electron chi connectivity index (χ3n) is 2.16. The largest absolute Gasteiger partial charge is 0.461 e. The standard InChI is InChI=1S/C10H6Cl2N2O3/c11-5-17-9-4-1-6-8(14(15)16)3-2-7(12)10(6)13-9/h1-4H,5H2. The molecule has 0 N–H and O–H groups in total. The van der Waals surface area contributed by atoms with Crippen molar-refractivity contribution in [3.05, 3.63) is 39.4 Å². The van der Waals surface area contributed by atoms with Crippen LogP contribution in [-0.4, -0.2) is 16.0 Å². The number of ether oxygens (including phenoxy) is 1. The fraction of sp³-hybridized carbons (Fsp3) is 0.100. The van der Waals surface area contributed by atoms with Gasteiger partial charge in [0.15, 0.2) is 6.07 Å². The predicted molar refractivity (Wildman–Crippen MR) is 64.8 cm³/mol. The number of benzene rings is 1. The molecule has 1 aromatic heterocycles. The monoisotopic (exact) mass is 272 g/mol. The second kappa shape index (κ2) is 4.73. The highest BCUT2D eigenvalue weighted by molar-refractivity contribution is 6.35. The number of nitrogens with zero attached hydrogens (tertiary/aromatic N) is 2. The molecule has 0 aliphatic heterocycles. The van der Waals surface area contributed by atoms with Crippen molar-refractivity contribution in [3.8, 4) is 5.88 Å². The highest BCUT2D eigenvalue weighted by Crippen LogP contribution is 2.31. The maximum Gasteiger partial charge on any atom is 0.278 e. The van der Waals surface area contributed by atoms with E-state index >= 15 is 0 Å². The summed E-state index contributed by atoms with van der Waals surface area (Å²) in [4.78, 5) is 14.4. The summed E-state index contributed by atoms with van der Waals surface area (Å²) in [5, 5.41) is 11.5. The van der Waals surface area contributed by atoms with Crippen LogP contribution in [0.3, 0.4) is 0 Å². The van der Waals surface area contributed by atoms with Gasteiger partial charge in [-0.1, -0.05) is 23.2 Å². The van der Waals surface area contributed by atoms with Crippen molar-refractivity contribution >= 4 is 39.8 Å². The Kier molecular flexibility index (Phi) is 3.31. The van der Waals surface area contributed by atoms with Gasteiger partial charge >= 0.3 is 0 Å². The number of non-ortho nitro benzene ring substituents is 1. The van der Waals surface area contributed by atoms with Gasteiger partial charge < -0.3 is 4.74 Å². The summed E-state index contributed by atoms with van der Waals surface area (Å²) in [5.74, 6) is 0.273. The van der Waals surface area contributed by atoms with Crippen LogP contribution in [0.1, 0.15) is 0 Å². The molecule has 0 spiro atoms. The number of halogens is 2. The SMILES string of the molecule is O=[N+]([O-])c1ccc(Cl)c2nc(OCCl)ccc12. The van der Waals surface area contributed by atoms with E-state index in [9.17, 15) is 10.1 Å². The molecule has 17 heavy (non-hydrogen) atoms. The molecule has 0 aliphatic rings. The molecule has 0 aliphatic carbocycles. The molecule has 2 aromatic rings.